The Labute approximate surface area is 144 Å². The molecule has 0 fully saturated rings. The highest BCUT2D eigenvalue weighted by Gasteiger charge is 2.22. The lowest BCUT2D eigenvalue weighted by Gasteiger charge is -2.07. The molecule has 3 N–H and O–H groups in total. The predicted octanol–water partition coefficient (Wildman–Crippen LogP) is 2.17. The minimum atomic E-state index is -3.87. The van der Waals surface area contributed by atoms with Gasteiger partial charge in [-0.15, -0.1) is 10.2 Å². The quantitative estimate of drug-likeness (QED) is 0.647. The Bertz CT molecular complexity index is 982. The van der Waals surface area contributed by atoms with Crippen LogP contribution in [0.15, 0.2) is 59.5 Å². The summed E-state index contributed by atoms with van der Waals surface area (Å²) in [7, 11) is -3.87. The van der Waals surface area contributed by atoms with E-state index in [1.165, 1.54) is 12.1 Å². The third-order valence-corrected chi connectivity index (χ3v) is 4.71. The Morgan fingerprint density at radius 2 is 1.68 bits per heavy atom. The summed E-state index contributed by atoms with van der Waals surface area (Å²) < 4.78 is 27.0. The van der Waals surface area contributed by atoms with Gasteiger partial charge in [0.2, 0.25) is 0 Å². The average Bonchev–Trinajstić information content (AvgIpc) is 3.05. The fraction of sp³-hybridized carbons (Fsp3) is 0.0625. The number of H-pyrrole nitrogens is 1. The maximum atomic E-state index is 12.3. The van der Waals surface area contributed by atoms with Crippen LogP contribution >= 0.6 is 0 Å². The molecule has 0 aliphatic carbocycles. The number of nitrogens with one attached hydrogen (secondary N) is 3. The van der Waals surface area contributed by atoms with Crippen LogP contribution in [0.3, 0.4) is 0 Å². The van der Waals surface area contributed by atoms with Crippen LogP contribution in [0.25, 0.3) is 0 Å². The standard InChI is InChI=1S/C16H15N5O3S/c1-11-7-9-12(10-8-11)17-16(22)14-15(19-21-18-14)20-25(23,24)13-5-3-2-4-6-13/h2-10H,1H3,(H,17,22)(H2,18,19,20,21). The first-order valence-electron chi connectivity index (χ1n) is 7.32. The number of aryl methyl sites for hydroxylation is 1. The number of hydrogen-bond acceptors (Lipinski definition) is 5. The number of benzene rings is 2. The summed E-state index contributed by atoms with van der Waals surface area (Å²) in [5.41, 5.74) is 1.46. The molecule has 0 spiro atoms. The highest BCUT2D eigenvalue weighted by Crippen LogP contribution is 2.17. The first kappa shape index (κ1) is 16.7. The van der Waals surface area contributed by atoms with E-state index in [-0.39, 0.29) is 16.4 Å². The van der Waals surface area contributed by atoms with Gasteiger partial charge in [0, 0.05) is 5.69 Å². The molecule has 0 aliphatic rings. The van der Waals surface area contributed by atoms with E-state index in [1.807, 2.05) is 19.1 Å². The molecular weight excluding hydrogens is 342 g/mol. The van der Waals surface area contributed by atoms with Crippen LogP contribution in [-0.4, -0.2) is 29.7 Å². The number of anilines is 2. The highest BCUT2D eigenvalue weighted by molar-refractivity contribution is 7.92. The molecule has 2 aromatic carbocycles. The molecule has 25 heavy (non-hydrogen) atoms. The van der Waals surface area contributed by atoms with E-state index in [2.05, 4.69) is 25.4 Å². The van der Waals surface area contributed by atoms with Crippen LogP contribution in [0.1, 0.15) is 16.1 Å². The largest absolute Gasteiger partial charge is 0.320 e. The van der Waals surface area contributed by atoms with Crippen molar-refractivity contribution >= 4 is 27.4 Å². The Balaban J connectivity index is 1.80. The number of rotatable bonds is 5. The molecule has 3 rings (SSSR count). The zero-order chi connectivity index (χ0) is 17.9. The van der Waals surface area contributed by atoms with Crippen molar-refractivity contribution < 1.29 is 13.2 Å². The summed E-state index contributed by atoms with van der Waals surface area (Å²) in [5, 5.41) is 12.4. The summed E-state index contributed by atoms with van der Waals surface area (Å²) in [6.07, 6.45) is 0. The first-order chi connectivity index (χ1) is 12.0. The molecule has 128 valence electrons. The number of carbonyl (C=O) groups excluding carboxylic acids is 1. The van der Waals surface area contributed by atoms with Crippen molar-refractivity contribution in [3.8, 4) is 0 Å². The minimum absolute atomic E-state index is 0.0582. The Kier molecular flexibility index (Phi) is 4.48. The summed E-state index contributed by atoms with van der Waals surface area (Å²) >= 11 is 0. The smallest absolute Gasteiger partial charge is 0.280 e. The van der Waals surface area contributed by atoms with Crippen molar-refractivity contribution in [2.75, 3.05) is 10.0 Å². The molecule has 1 heterocycles. The molecule has 8 nitrogen and oxygen atoms in total. The van der Waals surface area contributed by atoms with Gasteiger partial charge >= 0.3 is 0 Å². The number of hydrogen-bond donors (Lipinski definition) is 3. The van der Waals surface area contributed by atoms with Gasteiger partial charge in [-0.3, -0.25) is 9.52 Å². The number of nitrogens with zero attached hydrogens (tertiary/aromatic N) is 2. The maximum absolute atomic E-state index is 12.3. The number of carbonyl (C=O) groups is 1. The van der Waals surface area contributed by atoms with Gasteiger partial charge < -0.3 is 5.32 Å². The molecule has 9 heteroatoms. The normalized spacial score (nSPS) is 11.1. The Hall–Kier alpha value is -3.20. The Morgan fingerprint density at radius 3 is 2.36 bits per heavy atom. The van der Waals surface area contributed by atoms with Gasteiger partial charge in [0.05, 0.1) is 4.90 Å². The summed E-state index contributed by atoms with van der Waals surface area (Å²) in [5.74, 6) is -0.753. The van der Waals surface area contributed by atoms with Gasteiger partial charge in [-0.25, -0.2) is 8.42 Å². The van der Waals surface area contributed by atoms with Crippen LogP contribution in [0.4, 0.5) is 11.5 Å². The van der Waals surface area contributed by atoms with Crippen molar-refractivity contribution in [2.45, 2.75) is 11.8 Å². The van der Waals surface area contributed by atoms with Crippen molar-refractivity contribution in [1.82, 2.24) is 15.4 Å². The van der Waals surface area contributed by atoms with Gasteiger partial charge in [-0.05, 0) is 31.2 Å². The molecule has 0 aliphatic heterocycles. The molecule has 3 aromatic rings. The molecule has 0 unspecified atom stereocenters. The fourth-order valence-corrected chi connectivity index (χ4v) is 3.10. The van der Waals surface area contributed by atoms with Gasteiger partial charge in [0.1, 0.15) is 0 Å². The van der Waals surface area contributed by atoms with Crippen LogP contribution in [0.2, 0.25) is 0 Å². The SMILES string of the molecule is Cc1ccc(NC(=O)c2n[nH]nc2NS(=O)(=O)c2ccccc2)cc1. The monoisotopic (exact) mass is 357 g/mol. The van der Waals surface area contributed by atoms with E-state index < -0.39 is 15.9 Å². The molecule has 0 bridgehead atoms. The van der Waals surface area contributed by atoms with Crippen molar-refractivity contribution in [3.05, 3.63) is 65.9 Å². The van der Waals surface area contributed by atoms with E-state index in [0.29, 0.717) is 5.69 Å². The van der Waals surface area contributed by atoms with Crippen LogP contribution in [-0.2, 0) is 10.0 Å². The van der Waals surface area contributed by atoms with Crippen molar-refractivity contribution in [3.63, 3.8) is 0 Å². The second kappa shape index (κ2) is 6.73. The molecule has 0 radical (unpaired) electrons. The Morgan fingerprint density at radius 1 is 1.00 bits per heavy atom. The van der Waals surface area contributed by atoms with Crippen LogP contribution in [0.5, 0.6) is 0 Å². The summed E-state index contributed by atoms with van der Waals surface area (Å²) in [6.45, 7) is 1.93. The highest BCUT2D eigenvalue weighted by atomic mass is 32.2. The van der Waals surface area contributed by atoms with Crippen molar-refractivity contribution in [1.29, 1.82) is 0 Å². The van der Waals surface area contributed by atoms with E-state index in [4.69, 9.17) is 0 Å². The average molecular weight is 357 g/mol. The molecule has 0 saturated carbocycles. The summed E-state index contributed by atoms with van der Waals surface area (Å²) in [6, 6.07) is 14.9. The van der Waals surface area contributed by atoms with E-state index >= 15 is 0 Å². The number of amides is 1. The zero-order valence-electron chi connectivity index (χ0n) is 13.2. The molecule has 0 atom stereocenters. The predicted molar refractivity (Wildman–Crippen MR) is 92.8 cm³/mol. The lowest BCUT2D eigenvalue weighted by Crippen LogP contribution is -2.18. The van der Waals surface area contributed by atoms with Gasteiger partial charge in [0.15, 0.2) is 11.5 Å². The molecular formula is C16H15N5O3S. The van der Waals surface area contributed by atoms with E-state index in [9.17, 15) is 13.2 Å². The zero-order valence-corrected chi connectivity index (χ0v) is 14.0. The van der Waals surface area contributed by atoms with Gasteiger partial charge in [0.25, 0.3) is 15.9 Å². The number of aromatic amines is 1. The van der Waals surface area contributed by atoms with E-state index in [1.54, 1.807) is 30.3 Å². The third kappa shape index (κ3) is 3.83. The fourth-order valence-electron chi connectivity index (χ4n) is 2.07. The topological polar surface area (TPSA) is 117 Å². The van der Waals surface area contributed by atoms with Gasteiger partial charge in [-0.1, -0.05) is 35.9 Å². The molecule has 0 saturated heterocycles. The van der Waals surface area contributed by atoms with Crippen LogP contribution < -0.4 is 10.0 Å². The van der Waals surface area contributed by atoms with Gasteiger partial charge in [-0.2, -0.15) is 5.21 Å². The second-order valence-electron chi connectivity index (χ2n) is 5.26. The second-order valence-corrected chi connectivity index (χ2v) is 6.94. The molecule has 1 aromatic heterocycles. The van der Waals surface area contributed by atoms with Crippen molar-refractivity contribution in [2.24, 2.45) is 0 Å². The van der Waals surface area contributed by atoms with E-state index in [0.717, 1.165) is 5.56 Å². The van der Waals surface area contributed by atoms with Crippen LogP contribution in [0, 0.1) is 6.92 Å². The minimum Gasteiger partial charge on any atom is -0.320 e. The third-order valence-electron chi connectivity index (χ3n) is 3.36. The molecule has 1 amide bonds. The number of sulfonamides is 1. The number of aromatic nitrogens is 3. The first-order valence-corrected chi connectivity index (χ1v) is 8.81. The summed E-state index contributed by atoms with van der Waals surface area (Å²) in [4.78, 5) is 12.4. The maximum Gasteiger partial charge on any atom is 0.280 e. The lowest BCUT2D eigenvalue weighted by atomic mass is 10.2. The lowest BCUT2D eigenvalue weighted by molar-refractivity contribution is 0.102.